The molecular formula is C9H13N3O4. The molecule has 0 aliphatic carbocycles. The van der Waals surface area contributed by atoms with Crippen molar-refractivity contribution in [1.29, 1.82) is 0 Å². The summed E-state index contributed by atoms with van der Waals surface area (Å²) in [7, 11) is 0. The van der Waals surface area contributed by atoms with E-state index in [1.54, 1.807) is 0 Å². The van der Waals surface area contributed by atoms with Crippen LogP contribution in [-0.4, -0.2) is 45.4 Å². The number of ether oxygens (including phenoxy) is 1. The van der Waals surface area contributed by atoms with E-state index in [0.717, 1.165) is 0 Å². The van der Waals surface area contributed by atoms with Gasteiger partial charge in [0.1, 0.15) is 18.5 Å². The van der Waals surface area contributed by atoms with Crippen LogP contribution in [0.1, 0.15) is 6.92 Å². The molecule has 0 unspecified atom stereocenters. The molecule has 0 fully saturated rings. The Kier molecular flexibility index (Phi) is 4.62. The van der Waals surface area contributed by atoms with Gasteiger partial charge in [-0.3, -0.25) is 4.79 Å². The molecule has 3 N–H and O–H groups in total. The fourth-order valence-electron chi connectivity index (χ4n) is 0.884. The minimum absolute atomic E-state index is 0.0266. The summed E-state index contributed by atoms with van der Waals surface area (Å²) >= 11 is 0. The van der Waals surface area contributed by atoms with Crippen LogP contribution >= 0.6 is 0 Å². The van der Waals surface area contributed by atoms with E-state index >= 15 is 0 Å². The average Bonchev–Trinajstić information content (AvgIpc) is 2.25. The second-order valence-corrected chi connectivity index (χ2v) is 3.05. The number of carbonyl (C=O) groups excluding carboxylic acids is 1. The van der Waals surface area contributed by atoms with E-state index < -0.39 is 12.7 Å². The first-order valence-corrected chi connectivity index (χ1v) is 4.64. The van der Waals surface area contributed by atoms with Crippen molar-refractivity contribution in [3.8, 4) is 6.01 Å². The molecule has 0 saturated carbocycles. The predicted octanol–water partition coefficient (Wildman–Crippen LogP) is -0.833. The predicted molar refractivity (Wildman–Crippen MR) is 54.9 cm³/mol. The Hall–Kier alpha value is -1.73. The number of aromatic nitrogens is 2. The first kappa shape index (κ1) is 12.3. The zero-order valence-corrected chi connectivity index (χ0v) is 8.75. The molecule has 7 heteroatoms. The largest absolute Gasteiger partial charge is 0.461 e. The first-order chi connectivity index (χ1) is 7.61. The van der Waals surface area contributed by atoms with Gasteiger partial charge in [0.15, 0.2) is 0 Å². The maximum atomic E-state index is 10.8. The Morgan fingerprint density at radius 1 is 1.69 bits per heavy atom. The Labute approximate surface area is 92.1 Å². The van der Waals surface area contributed by atoms with Crippen molar-refractivity contribution in [2.75, 3.05) is 18.5 Å². The Bertz CT molecular complexity index is 358. The van der Waals surface area contributed by atoms with E-state index in [1.807, 2.05) is 0 Å². The van der Waals surface area contributed by atoms with Gasteiger partial charge in [0, 0.05) is 13.1 Å². The standard InChI is InChI=1S/C9H13N3O4/c1-6(14)11-8-2-3-10-9(12-8)16-5-7(15)4-13/h2-3,7,13,15H,4-5H2,1H3,(H,10,11,12,14)/t7-/m1/s1. The van der Waals surface area contributed by atoms with Crippen molar-refractivity contribution in [1.82, 2.24) is 9.97 Å². The number of hydrogen-bond acceptors (Lipinski definition) is 6. The lowest BCUT2D eigenvalue weighted by Crippen LogP contribution is -2.22. The second-order valence-electron chi connectivity index (χ2n) is 3.05. The third-order valence-corrected chi connectivity index (χ3v) is 1.55. The molecule has 16 heavy (non-hydrogen) atoms. The molecule has 0 bridgehead atoms. The number of rotatable bonds is 5. The summed E-state index contributed by atoms with van der Waals surface area (Å²) in [5, 5.41) is 20.1. The third-order valence-electron chi connectivity index (χ3n) is 1.55. The van der Waals surface area contributed by atoms with Gasteiger partial charge in [0.2, 0.25) is 5.91 Å². The molecule has 0 aromatic carbocycles. The van der Waals surface area contributed by atoms with Gasteiger partial charge in [-0.2, -0.15) is 4.98 Å². The van der Waals surface area contributed by atoms with Gasteiger partial charge in [-0.25, -0.2) is 4.98 Å². The number of aliphatic hydroxyl groups excluding tert-OH is 2. The molecule has 0 radical (unpaired) electrons. The van der Waals surface area contributed by atoms with Crippen molar-refractivity contribution in [2.45, 2.75) is 13.0 Å². The van der Waals surface area contributed by atoms with Crippen LogP contribution in [0.25, 0.3) is 0 Å². The maximum absolute atomic E-state index is 10.8. The molecule has 1 amide bonds. The van der Waals surface area contributed by atoms with Crippen molar-refractivity contribution in [3.63, 3.8) is 0 Å². The maximum Gasteiger partial charge on any atom is 0.318 e. The fraction of sp³-hybridized carbons (Fsp3) is 0.444. The van der Waals surface area contributed by atoms with Crippen LogP contribution in [0.15, 0.2) is 12.3 Å². The monoisotopic (exact) mass is 227 g/mol. The van der Waals surface area contributed by atoms with E-state index in [9.17, 15) is 4.79 Å². The number of carbonyl (C=O) groups is 1. The highest BCUT2D eigenvalue weighted by Gasteiger charge is 2.06. The molecule has 88 valence electrons. The summed E-state index contributed by atoms with van der Waals surface area (Å²) in [6.45, 7) is 0.851. The quantitative estimate of drug-likeness (QED) is 0.606. The molecule has 1 aromatic heterocycles. The van der Waals surface area contributed by atoms with E-state index in [-0.39, 0.29) is 18.5 Å². The summed E-state index contributed by atoms with van der Waals surface area (Å²) in [6, 6.07) is 1.54. The van der Waals surface area contributed by atoms with Gasteiger partial charge in [0.25, 0.3) is 0 Å². The van der Waals surface area contributed by atoms with Crippen LogP contribution in [0.5, 0.6) is 6.01 Å². The van der Waals surface area contributed by atoms with Gasteiger partial charge >= 0.3 is 6.01 Å². The molecule has 1 aromatic rings. The first-order valence-electron chi connectivity index (χ1n) is 4.64. The summed E-state index contributed by atoms with van der Waals surface area (Å²) in [4.78, 5) is 18.4. The number of nitrogens with one attached hydrogen (secondary N) is 1. The minimum atomic E-state index is -0.979. The lowest BCUT2D eigenvalue weighted by molar-refractivity contribution is -0.114. The van der Waals surface area contributed by atoms with Gasteiger partial charge in [-0.1, -0.05) is 0 Å². The summed E-state index contributed by atoms with van der Waals surface area (Å²) in [5.74, 6) is 0.0658. The van der Waals surface area contributed by atoms with Gasteiger partial charge in [-0.05, 0) is 6.07 Å². The van der Waals surface area contributed by atoms with Crippen LogP contribution in [0.2, 0.25) is 0 Å². The lowest BCUT2D eigenvalue weighted by atomic mass is 10.4. The zero-order chi connectivity index (χ0) is 12.0. The van der Waals surface area contributed by atoms with Gasteiger partial charge < -0.3 is 20.3 Å². The Balaban J connectivity index is 2.56. The molecule has 0 aliphatic rings. The van der Waals surface area contributed by atoms with E-state index in [2.05, 4.69) is 15.3 Å². The van der Waals surface area contributed by atoms with E-state index in [1.165, 1.54) is 19.2 Å². The molecule has 1 rings (SSSR count). The van der Waals surface area contributed by atoms with E-state index in [0.29, 0.717) is 5.82 Å². The van der Waals surface area contributed by atoms with Crippen LogP contribution in [0.3, 0.4) is 0 Å². The number of amides is 1. The Morgan fingerprint density at radius 2 is 2.44 bits per heavy atom. The molecule has 1 heterocycles. The molecule has 0 aliphatic heterocycles. The van der Waals surface area contributed by atoms with Crippen molar-refractivity contribution in [3.05, 3.63) is 12.3 Å². The number of hydrogen-bond donors (Lipinski definition) is 3. The van der Waals surface area contributed by atoms with Crippen LogP contribution in [-0.2, 0) is 4.79 Å². The Morgan fingerprint density at radius 3 is 3.06 bits per heavy atom. The highest BCUT2D eigenvalue weighted by atomic mass is 16.5. The highest BCUT2D eigenvalue weighted by molar-refractivity contribution is 5.87. The number of nitrogens with zero attached hydrogens (tertiary/aromatic N) is 2. The zero-order valence-electron chi connectivity index (χ0n) is 8.75. The SMILES string of the molecule is CC(=O)Nc1ccnc(OC[C@H](O)CO)n1. The highest BCUT2D eigenvalue weighted by Crippen LogP contribution is 2.07. The third kappa shape index (κ3) is 4.20. The summed E-state index contributed by atoms with van der Waals surface area (Å²) in [6.07, 6.45) is 0.437. The average molecular weight is 227 g/mol. The van der Waals surface area contributed by atoms with Gasteiger partial charge in [-0.15, -0.1) is 0 Å². The lowest BCUT2D eigenvalue weighted by Gasteiger charge is -2.08. The second kappa shape index (κ2) is 5.99. The molecule has 1 atom stereocenters. The molecular weight excluding hydrogens is 214 g/mol. The summed E-state index contributed by atoms with van der Waals surface area (Å²) in [5.41, 5.74) is 0. The molecule has 0 spiro atoms. The van der Waals surface area contributed by atoms with Gasteiger partial charge in [0.05, 0.1) is 6.61 Å². The fourth-order valence-corrected chi connectivity index (χ4v) is 0.884. The normalized spacial score (nSPS) is 11.9. The molecule has 7 nitrogen and oxygen atoms in total. The van der Waals surface area contributed by atoms with Crippen molar-refractivity contribution < 1.29 is 19.7 Å². The smallest absolute Gasteiger partial charge is 0.318 e. The number of anilines is 1. The van der Waals surface area contributed by atoms with Crippen molar-refractivity contribution in [2.24, 2.45) is 0 Å². The van der Waals surface area contributed by atoms with Crippen molar-refractivity contribution >= 4 is 11.7 Å². The topological polar surface area (TPSA) is 105 Å². The number of aliphatic hydroxyl groups is 2. The summed E-state index contributed by atoms with van der Waals surface area (Å²) < 4.78 is 5.00. The van der Waals surface area contributed by atoms with Crippen LogP contribution in [0.4, 0.5) is 5.82 Å². The van der Waals surface area contributed by atoms with Crippen LogP contribution in [0, 0.1) is 0 Å². The van der Waals surface area contributed by atoms with E-state index in [4.69, 9.17) is 14.9 Å². The molecule has 0 saturated heterocycles. The van der Waals surface area contributed by atoms with Crippen LogP contribution < -0.4 is 10.1 Å². The minimum Gasteiger partial charge on any atom is -0.461 e.